The zero-order valence-electron chi connectivity index (χ0n) is 12.4. The van der Waals surface area contributed by atoms with Gasteiger partial charge in [0.25, 0.3) is 23.7 Å². The first-order chi connectivity index (χ1) is 9.82. The molecule has 2 saturated carbocycles. The number of carbonyl (C=O) groups is 2. The Kier molecular flexibility index (Phi) is 5.28. The highest BCUT2D eigenvalue weighted by Gasteiger charge is 2.60. The van der Waals surface area contributed by atoms with Crippen molar-refractivity contribution in [3.63, 3.8) is 0 Å². The molecule has 2 aliphatic carbocycles. The Morgan fingerprint density at radius 2 is 1.55 bits per heavy atom. The number of hydrogen-bond acceptors (Lipinski definition) is 6. The third kappa shape index (κ3) is 4.67. The van der Waals surface area contributed by atoms with Crippen molar-refractivity contribution in [2.24, 2.45) is 17.3 Å². The Morgan fingerprint density at radius 1 is 1.14 bits per heavy atom. The van der Waals surface area contributed by atoms with Gasteiger partial charge < -0.3 is 10.2 Å². The van der Waals surface area contributed by atoms with E-state index in [4.69, 9.17) is 9.90 Å². The largest absolute Gasteiger partial charge is 0.481 e. The fourth-order valence-electron chi connectivity index (χ4n) is 2.56. The molecule has 2 aliphatic rings. The smallest absolute Gasteiger partial charge is 0.307 e. The van der Waals surface area contributed by atoms with Gasteiger partial charge in [-0.1, -0.05) is 0 Å². The molecule has 0 aromatic heterocycles. The normalized spacial score (nSPS) is 21.2. The number of aliphatic carboxylic acids is 2. The molecule has 0 radical (unpaired) electrons. The molecule has 128 valence electrons. The summed E-state index contributed by atoms with van der Waals surface area (Å²) >= 11 is 0. The predicted octanol–water partition coefficient (Wildman–Crippen LogP) is 0.343. The van der Waals surface area contributed by atoms with E-state index in [1.165, 1.54) is 0 Å². The molecule has 22 heavy (non-hydrogen) atoms. The second-order valence-electron chi connectivity index (χ2n) is 5.94. The van der Waals surface area contributed by atoms with Crippen LogP contribution in [0.2, 0.25) is 0 Å². The van der Waals surface area contributed by atoms with Crippen molar-refractivity contribution in [1.82, 2.24) is 0 Å². The zero-order valence-corrected chi connectivity index (χ0v) is 14.0. The van der Waals surface area contributed by atoms with Gasteiger partial charge in [-0.3, -0.25) is 9.59 Å². The average Bonchev–Trinajstić information content (AvgIpc) is 3.13. The van der Waals surface area contributed by atoms with Crippen LogP contribution in [0.15, 0.2) is 0 Å². The molecule has 0 heterocycles. The summed E-state index contributed by atoms with van der Waals surface area (Å²) in [5, 5.41) is 16.6. The Labute approximate surface area is 128 Å². The van der Waals surface area contributed by atoms with Crippen LogP contribution in [0, 0.1) is 17.3 Å². The summed E-state index contributed by atoms with van der Waals surface area (Å²) in [7, 11) is -8.45. The topological polar surface area (TPSA) is 143 Å². The number of carboxylic acid groups (broad SMARTS) is 2. The van der Waals surface area contributed by atoms with Gasteiger partial charge in [0.05, 0.1) is 17.9 Å². The molecule has 2 fully saturated rings. The minimum Gasteiger partial charge on any atom is -0.481 e. The summed E-state index contributed by atoms with van der Waals surface area (Å²) < 4.78 is 45.8. The maximum absolute atomic E-state index is 11.7. The summed E-state index contributed by atoms with van der Waals surface area (Å²) in [5.41, 5.74) is -0.852. The lowest BCUT2D eigenvalue weighted by atomic mass is 9.86. The van der Waals surface area contributed by atoms with Crippen LogP contribution in [0.1, 0.15) is 32.6 Å². The minimum atomic E-state index is -4.27. The molecule has 2 rings (SSSR count). The average molecular weight is 356 g/mol. The van der Waals surface area contributed by atoms with E-state index in [-0.39, 0.29) is 5.92 Å². The van der Waals surface area contributed by atoms with Gasteiger partial charge in [0, 0.05) is 6.92 Å². The van der Waals surface area contributed by atoms with Gasteiger partial charge in [-0.25, -0.2) is 16.8 Å². The first-order valence-electron chi connectivity index (χ1n) is 6.67. The lowest BCUT2D eigenvalue weighted by Crippen LogP contribution is -2.34. The van der Waals surface area contributed by atoms with Gasteiger partial charge in [0.2, 0.25) is 0 Å². The van der Waals surface area contributed by atoms with E-state index in [0.29, 0.717) is 19.1 Å². The van der Waals surface area contributed by atoms with Crippen LogP contribution in [-0.2, 0) is 27.3 Å². The van der Waals surface area contributed by atoms with Gasteiger partial charge in [-0.05, 0) is 37.0 Å². The second-order valence-corrected chi connectivity index (χ2v) is 12.1. The highest BCUT2D eigenvalue weighted by atomic mass is 33.2. The fraction of sp³-hybridized carbons (Fsp3) is 0.833. The molecule has 1 unspecified atom stereocenters. The van der Waals surface area contributed by atoms with Crippen molar-refractivity contribution in [2.75, 3.05) is 12.0 Å². The predicted molar refractivity (Wildman–Crippen MR) is 77.5 cm³/mol. The third-order valence-electron chi connectivity index (χ3n) is 3.84. The molecular formula is C12H20O8S2. The molecule has 8 nitrogen and oxygen atoms in total. The van der Waals surface area contributed by atoms with Gasteiger partial charge in [-0.15, -0.1) is 0 Å². The monoisotopic (exact) mass is 356 g/mol. The standard InChI is InChI=1S/C10H16O6S2.C2H4O2/c1-17(13,14)18(15,16)6-10(4-5-10)8(9(11)12)7-2-3-7;1-2(3)4/h7-8H,2-6H2,1H3,(H,11,12);1H3,(H,3,4). The third-order valence-corrected chi connectivity index (χ3v) is 8.81. The minimum absolute atomic E-state index is 0.0137. The molecular weight excluding hydrogens is 336 g/mol. The Bertz CT molecular complexity index is 649. The highest BCUT2D eigenvalue weighted by molar-refractivity contribution is 8.66. The lowest BCUT2D eigenvalue weighted by Gasteiger charge is -2.22. The summed E-state index contributed by atoms with van der Waals surface area (Å²) in [6, 6.07) is 0. The van der Waals surface area contributed by atoms with Gasteiger partial charge in [-0.2, -0.15) is 0 Å². The van der Waals surface area contributed by atoms with Crippen molar-refractivity contribution in [3.8, 4) is 0 Å². The van der Waals surface area contributed by atoms with E-state index in [0.717, 1.165) is 19.8 Å². The number of hydrogen-bond donors (Lipinski definition) is 2. The van der Waals surface area contributed by atoms with Crippen LogP contribution >= 0.6 is 0 Å². The zero-order chi connectivity index (χ0) is 17.3. The summed E-state index contributed by atoms with van der Waals surface area (Å²) in [4.78, 5) is 20.3. The fourth-order valence-corrected chi connectivity index (χ4v) is 5.29. The maximum atomic E-state index is 11.7. The van der Waals surface area contributed by atoms with Crippen molar-refractivity contribution in [2.45, 2.75) is 32.6 Å². The Morgan fingerprint density at radius 3 is 1.77 bits per heavy atom. The summed E-state index contributed by atoms with van der Waals surface area (Å²) in [6.07, 6.45) is 3.20. The van der Waals surface area contributed by atoms with E-state index in [9.17, 15) is 26.7 Å². The highest BCUT2D eigenvalue weighted by Crippen LogP contribution is 2.60. The van der Waals surface area contributed by atoms with E-state index in [1.54, 1.807) is 0 Å². The van der Waals surface area contributed by atoms with Crippen LogP contribution in [0.4, 0.5) is 0 Å². The van der Waals surface area contributed by atoms with E-state index in [1.807, 2.05) is 0 Å². The van der Waals surface area contributed by atoms with Crippen LogP contribution in [0.3, 0.4) is 0 Å². The number of rotatable bonds is 6. The van der Waals surface area contributed by atoms with Gasteiger partial charge in [0.15, 0.2) is 0 Å². The van der Waals surface area contributed by atoms with E-state index >= 15 is 0 Å². The van der Waals surface area contributed by atoms with Crippen LogP contribution in [-0.4, -0.2) is 51.0 Å². The summed E-state index contributed by atoms with van der Waals surface area (Å²) in [5.74, 6) is -3.08. The molecule has 0 aromatic carbocycles. The summed E-state index contributed by atoms with van der Waals surface area (Å²) in [6.45, 7) is 1.08. The molecule has 0 bridgehead atoms. The molecule has 2 N–H and O–H groups in total. The quantitative estimate of drug-likeness (QED) is 0.649. The lowest BCUT2D eigenvalue weighted by molar-refractivity contribution is -0.145. The number of carboxylic acids is 2. The van der Waals surface area contributed by atoms with Crippen LogP contribution in [0.25, 0.3) is 0 Å². The van der Waals surface area contributed by atoms with Crippen molar-refractivity contribution < 1.29 is 36.6 Å². The first-order valence-corrected chi connectivity index (χ1v) is 10.7. The Balaban J connectivity index is 0.000000541. The van der Waals surface area contributed by atoms with Gasteiger partial charge in [0.1, 0.15) is 0 Å². The van der Waals surface area contributed by atoms with Crippen molar-refractivity contribution in [1.29, 1.82) is 0 Å². The van der Waals surface area contributed by atoms with Crippen molar-refractivity contribution >= 4 is 29.7 Å². The Hall–Kier alpha value is -1.16. The first kappa shape index (κ1) is 18.9. The van der Waals surface area contributed by atoms with E-state index in [2.05, 4.69) is 0 Å². The maximum Gasteiger partial charge on any atom is 0.307 e. The molecule has 0 aliphatic heterocycles. The molecule has 0 amide bonds. The molecule has 10 heteroatoms. The second kappa shape index (κ2) is 6.15. The SMILES string of the molecule is CC(=O)O.CS(=O)(=O)S(=O)(=O)CC1(C(C(=O)O)C2CC2)CC1. The molecule has 0 saturated heterocycles. The van der Waals surface area contributed by atoms with E-state index < -0.39 is 46.8 Å². The van der Waals surface area contributed by atoms with Crippen molar-refractivity contribution in [3.05, 3.63) is 0 Å². The molecule has 0 spiro atoms. The molecule has 0 aromatic rings. The van der Waals surface area contributed by atoms with Crippen LogP contribution in [0.5, 0.6) is 0 Å². The molecule has 1 atom stereocenters. The van der Waals surface area contributed by atoms with Gasteiger partial charge >= 0.3 is 5.97 Å². The van der Waals surface area contributed by atoms with Crippen LogP contribution < -0.4 is 0 Å².